The smallest absolute Gasteiger partial charge is 0.371 e. The summed E-state index contributed by atoms with van der Waals surface area (Å²) in [5.74, 6) is 0.586. The number of aliphatic hydroxyl groups excluding tert-OH is 1. The average molecular weight is 265 g/mol. The van der Waals surface area contributed by atoms with Gasteiger partial charge in [-0.2, -0.15) is 0 Å². The van der Waals surface area contributed by atoms with E-state index in [-0.39, 0.29) is 17.9 Å². The molecule has 2 heterocycles. The Bertz CT molecular complexity index is 484. The minimum absolute atomic E-state index is 0.0127. The van der Waals surface area contributed by atoms with Crippen LogP contribution in [0.4, 0.5) is 0 Å². The third-order valence-corrected chi connectivity index (χ3v) is 4.64. The van der Waals surface area contributed by atoms with Gasteiger partial charge in [-0.15, -0.1) is 0 Å². The Balaban J connectivity index is 1.71. The Labute approximate surface area is 111 Å². The minimum atomic E-state index is -1.04. The summed E-state index contributed by atoms with van der Waals surface area (Å²) in [7, 11) is 0. The maximum Gasteiger partial charge on any atom is 0.371 e. The van der Waals surface area contributed by atoms with Gasteiger partial charge in [-0.25, -0.2) is 4.79 Å². The van der Waals surface area contributed by atoms with Crippen LogP contribution in [0.5, 0.6) is 0 Å². The van der Waals surface area contributed by atoms with Gasteiger partial charge in [-0.3, -0.25) is 4.90 Å². The first-order chi connectivity index (χ1) is 9.06. The number of carboxylic acid groups (broad SMARTS) is 1. The van der Waals surface area contributed by atoms with Crippen molar-refractivity contribution in [1.29, 1.82) is 0 Å². The summed E-state index contributed by atoms with van der Waals surface area (Å²) in [4.78, 5) is 13.1. The van der Waals surface area contributed by atoms with Crippen LogP contribution in [0.1, 0.15) is 42.1 Å². The van der Waals surface area contributed by atoms with Gasteiger partial charge in [-0.1, -0.05) is 0 Å². The zero-order chi connectivity index (χ0) is 13.6. The third kappa shape index (κ3) is 2.17. The van der Waals surface area contributed by atoms with Crippen molar-refractivity contribution in [3.05, 3.63) is 23.7 Å². The SMILES string of the molecule is CC(c1ccc(C(=O)O)o1)N1CC2CCC(O)C2C1. The molecule has 4 unspecified atom stereocenters. The topological polar surface area (TPSA) is 73.9 Å². The highest BCUT2D eigenvalue weighted by Gasteiger charge is 2.43. The zero-order valence-electron chi connectivity index (χ0n) is 11.0. The maximum absolute atomic E-state index is 10.8. The van der Waals surface area contributed by atoms with Gasteiger partial charge < -0.3 is 14.6 Å². The Morgan fingerprint density at radius 1 is 1.42 bits per heavy atom. The van der Waals surface area contributed by atoms with Crippen molar-refractivity contribution in [3.63, 3.8) is 0 Å². The van der Waals surface area contributed by atoms with Gasteiger partial charge in [0.05, 0.1) is 12.1 Å². The summed E-state index contributed by atoms with van der Waals surface area (Å²) in [6.45, 7) is 3.86. The standard InChI is InChI=1S/C14H19NO4/c1-8(12-4-5-13(19-12)14(17)18)15-6-9-2-3-11(16)10(9)7-15/h4-5,8-11,16H,2-3,6-7H2,1H3,(H,17,18). The molecular weight excluding hydrogens is 246 g/mol. The number of aliphatic hydroxyl groups is 1. The van der Waals surface area contributed by atoms with Crippen molar-refractivity contribution in [3.8, 4) is 0 Å². The molecule has 0 bridgehead atoms. The average Bonchev–Trinajstić information content (AvgIpc) is 3.05. The second-order valence-corrected chi connectivity index (χ2v) is 5.71. The molecule has 0 spiro atoms. The van der Waals surface area contributed by atoms with Crippen LogP contribution in [0, 0.1) is 11.8 Å². The molecule has 0 radical (unpaired) electrons. The monoisotopic (exact) mass is 265 g/mol. The molecule has 3 rings (SSSR count). The molecule has 1 aliphatic carbocycles. The molecule has 104 valence electrons. The van der Waals surface area contributed by atoms with Gasteiger partial charge in [0.25, 0.3) is 0 Å². The van der Waals surface area contributed by atoms with E-state index in [4.69, 9.17) is 9.52 Å². The lowest BCUT2D eigenvalue weighted by Gasteiger charge is -2.23. The van der Waals surface area contributed by atoms with E-state index in [1.165, 1.54) is 6.07 Å². The van der Waals surface area contributed by atoms with Crippen LogP contribution in [0.25, 0.3) is 0 Å². The van der Waals surface area contributed by atoms with Gasteiger partial charge in [0.15, 0.2) is 0 Å². The predicted octanol–water partition coefficient (Wildman–Crippen LogP) is 1.74. The highest BCUT2D eigenvalue weighted by molar-refractivity contribution is 5.84. The van der Waals surface area contributed by atoms with E-state index in [0.29, 0.717) is 17.6 Å². The van der Waals surface area contributed by atoms with Crippen LogP contribution in [-0.2, 0) is 0 Å². The summed E-state index contributed by atoms with van der Waals surface area (Å²) in [5, 5.41) is 18.8. The summed E-state index contributed by atoms with van der Waals surface area (Å²) in [6.07, 6.45) is 1.84. The predicted molar refractivity (Wildman–Crippen MR) is 67.9 cm³/mol. The Morgan fingerprint density at radius 3 is 2.84 bits per heavy atom. The van der Waals surface area contributed by atoms with Crippen LogP contribution < -0.4 is 0 Å². The Morgan fingerprint density at radius 2 is 2.21 bits per heavy atom. The third-order valence-electron chi connectivity index (χ3n) is 4.64. The first-order valence-corrected chi connectivity index (χ1v) is 6.81. The normalized spacial score (nSPS) is 32.4. The van der Waals surface area contributed by atoms with E-state index in [9.17, 15) is 9.90 Å². The first kappa shape index (κ1) is 12.7. The summed E-state index contributed by atoms with van der Waals surface area (Å²) in [5.41, 5.74) is 0. The van der Waals surface area contributed by atoms with Gasteiger partial charge in [0.1, 0.15) is 5.76 Å². The number of fused-ring (bicyclic) bond motifs is 1. The fraction of sp³-hybridized carbons (Fsp3) is 0.643. The van der Waals surface area contributed by atoms with Gasteiger partial charge in [0.2, 0.25) is 5.76 Å². The number of furan rings is 1. The highest BCUT2D eigenvalue weighted by atomic mass is 16.4. The van der Waals surface area contributed by atoms with E-state index in [1.54, 1.807) is 6.07 Å². The fourth-order valence-corrected chi connectivity index (χ4v) is 3.46. The molecule has 1 aromatic rings. The number of aromatic carboxylic acids is 1. The van der Waals surface area contributed by atoms with E-state index in [0.717, 1.165) is 25.9 Å². The molecule has 0 amide bonds. The lowest BCUT2D eigenvalue weighted by atomic mass is 10.00. The van der Waals surface area contributed by atoms with Crippen molar-refractivity contribution in [2.24, 2.45) is 11.8 Å². The summed E-state index contributed by atoms with van der Waals surface area (Å²) in [6, 6.07) is 3.30. The molecule has 1 saturated carbocycles. The van der Waals surface area contributed by atoms with E-state index in [2.05, 4.69) is 4.90 Å². The van der Waals surface area contributed by atoms with Crippen molar-refractivity contribution in [1.82, 2.24) is 4.90 Å². The molecule has 2 fully saturated rings. The van der Waals surface area contributed by atoms with E-state index >= 15 is 0 Å². The second kappa shape index (κ2) is 4.65. The van der Waals surface area contributed by atoms with Gasteiger partial charge in [0, 0.05) is 19.0 Å². The quantitative estimate of drug-likeness (QED) is 0.870. The van der Waals surface area contributed by atoms with E-state index < -0.39 is 5.97 Å². The van der Waals surface area contributed by atoms with Crippen molar-refractivity contribution < 1.29 is 19.4 Å². The van der Waals surface area contributed by atoms with Crippen molar-refractivity contribution >= 4 is 5.97 Å². The molecule has 2 aliphatic rings. The molecule has 5 nitrogen and oxygen atoms in total. The second-order valence-electron chi connectivity index (χ2n) is 5.71. The fourth-order valence-electron chi connectivity index (χ4n) is 3.46. The zero-order valence-corrected chi connectivity index (χ0v) is 11.0. The van der Waals surface area contributed by atoms with Crippen molar-refractivity contribution in [2.45, 2.75) is 31.9 Å². The molecular formula is C14H19NO4. The number of hydrogen-bond donors (Lipinski definition) is 2. The number of nitrogens with zero attached hydrogens (tertiary/aromatic N) is 1. The van der Waals surface area contributed by atoms with Gasteiger partial charge in [-0.05, 0) is 37.8 Å². The first-order valence-electron chi connectivity index (χ1n) is 6.81. The minimum Gasteiger partial charge on any atom is -0.475 e. The highest BCUT2D eigenvalue weighted by Crippen LogP contribution is 2.41. The van der Waals surface area contributed by atoms with E-state index in [1.807, 2.05) is 6.92 Å². The molecule has 1 saturated heterocycles. The number of carbonyl (C=O) groups is 1. The molecule has 19 heavy (non-hydrogen) atoms. The number of rotatable bonds is 3. The lowest BCUT2D eigenvalue weighted by molar-refractivity contribution is 0.0656. The van der Waals surface area contributed by atoms with Crippen molar-refractivity contribution in [2.75, 3.05) is 13.1 Å². The number of carboxylic acids is 1. The van der Waals surface area contributed by atoms with Crippen LogP contribution in [0.15, 0.2) is 16.5 Å². The van der Waals surface area contributed by atoms with Crippen LogP contribution in [0.3, 0.4) is 0 Å². The van der Waals surface area contributed by atoms with Crippen LogP contribution >= 0.6 is 0 Å². The molecule has 1 aliphatic heterocycles. The van der Waals surface area contributed by atoms with Gasteiger partial charge >= 0.3 is 5.97 Å². The Hall–Kier alpha value is -1.33. The molecule has 0 aromatic carbocycles. The van der Waals surface area contributed by atoms with Crippen LogP contribution in [0.2, 0.25) is 0 Å². The number of likely N-dealkylation sites (tertiary alicyclic amines) is 1. The Kier molecular flexibility index (Phi) is 3.11. The molecule has 5 heteroatoms. The van der Waals surface area contributed by atoms with Crippen LogP contribution in [-0.4, -0.2) is 40.3 Å². The summed E-state index contributed by atoms with van der Waals surface area (Å²) >= 11 is 0. The summed E-state index contributed by atoms with van der Waals surface area (Å²) < 4.78 is 5.36. The maximum atomic E-state index is 10.8. The molecule has 1 aromatic heterocycles. The molecule has 4 atom stereocenters. The molecule has 2 N–H and O–H groups in total. The number of hydrogen-bond acceptors (Lipinski definition) is 4. The largest absolute Gasteiger partial charge is 0.475 e. The lowest BCUT2D eigenvalue weighted by Crippen LogP contribution is -2.27.